The molecule has 2 aromatic carbocycles. The van der Waals surface area contributed by atoms with E-state index in [4.69, 9.17) is 9.72 Å². The highest BCUT2D eigenvalue weighted by Crippen LogP contribution is 2.33. The van der Waals surface area contributed by atoms with E-state index in [0.29, 0.717) is 0 Å². The van der Waals surface area contributed by atoms with Crippen molar-refractivity contribution < 1.29 is 4.74 Å². The van der Waals surface area contributed by atoms with Crippen molar-refractivity contribution in [2.75, 3.05) is 7.11 Å². The first-order valence-corrected chi connectivity index (χ1v) is 10.3. The van der Waals surface area contributed by atoms with E-state index in [2.05, 4.69) is 15.6 Å². The Bertz CT molecular complexity index is 1040. The Morgan fingerprint density at radius 3 is 2.63 bits per heavy atom. The summed E-state index contributed by atoms with van der Waals surface area (Å²) in [5.74, 6) is 2.45. The van der Waals surface area contributed by atoms with Crippen molar-refractivity contribution in [3.05, 3.63) is 65.7 Å². The zero-order valence-electron chi connectivity index (χ0n) is 15.0. The molecule has 4 aromatic rings. The van der Waals surface area contributed by atoms with Gasteiger partial charge in [0.05, 0.1) is 18.4 Å². The number of para-hydroxylation sites is 1. The summed E-state index contributed by atoms with van der Waals surface area (Å²) in [7, 11) is 3.67. The van der Waals surface area contributed by atoms with E-state index < -0.39 is 0 Å². The van der Waals surface area contributed by atoms with Crippen LogP contribution in [0.4, 0.5) is 0 Å². The van der Waals surface area contributed by atoms with E-state index >= 15 is 0 Å². The first-order chi connectivity index (χ1) is 13.3. The SMILES string of the molecule is COc1ccccc1-c1nc(CSc2nnc(-c3ccccc3)n2C)cs1. The minimum absolute atomic E-state index is 0.742. The zero-order valence-corrected chi connectivity index (χ0v) is 16.6. The second-order valence-corrected chi connectivity index (χ2v) is 7.66. The van der Waals surface area contributed by atoms with Gasteiger partial charge in [0.2, 0.25) is 0 Å². The van der Waals surface area contributed by atoms with E-state index in [1.807, 2.05) is 66.2 Å². The molecule has 0 fully saturated rings. The molecule has 0 aliphatic rings. The Labute approximate surface area is 166 Å². The van der Waals surface area contributed by atoms with Crippen LogP contribution < -0.4 is 4.74 Å². The third kappa shape index (κ3) is 3.74. The number of hydrogen-bond acceptors (Lipinski definition) is 6. The molecular weight excluding hydrogens is 376 g/mol. The van der Waals surface area contributed by atoms with Crippen LogP contribution in [-0.2, 0) is 12.8 Å². The Balaban J connectivity index is 1.49. The minimum Gasteiger partial charge on any atom is -0.496 e. The van der Waals surface area contributed by atoms with Crippen molar-refractivity contribution in [1.82, 2.24) is 19.7 Å². The molecule has 2 heterocycles. The monoisotopic (exact) mass is 394 g/mol. The van der Waals surface area contributed by atoms with Crippen molar-refractivity contribution in [3.63, 3.8) is 0 Å². The molecular formula is C20H18N4OS2. The molecule has 7 heteroatoms. The maximum absolute atomic E-state index is 5.44. The van der Waals surface area contributed by atoms with Gasteiger partial charge >= 0.3 is 0 Å². The first-order valence-electron chi connectivity index (χ1n) is 8.41. The van der Waals surface area contributed by atoms with Crippen molar-refractivity contribution in [3.8, 4) is 27.7 Å². The number of hydrogen-bond donors (Lipinski definition) is 0. The van der Waals surface area contributed by atoms with Crippen LogP contribution in [-0.4, -0.2) is 26.9 Å². The molecule has 0 spiro atoms. The fourth-order valence-corrected chi connectivity index (χ4v) is 4.49. The predicted octanol–water partition coefficient (Wildman–Crippen LogP) is 4.91. The first kappa shape index (κ1) is 17.8. The predicted molar refractivity (Wildman–Crippen MR) is 110 cm³/mol. The van der Waals surface area contributed by atoms with Gasteiger partial charge < -0.3 is 9.30 Å². The molecule has 0 aliphatic carbocycles. The Hall–Kier alpha value is -2.64. The molecule has 0 atom stereocenters. The van der Waals surface area contributed by atoms with Gasteiger partial charge in [0.15, 0.2) is 11.0 Å². The van der Waals surface area contributed by atoms with Crippen molar-refractivity contribution in [1.29, 1.82) is 0 Å². The third-order valence-electron chi connectivity index (χ3n) is 4.11. The lowest BCUT2D eigenvalue weighted by Crippen LogP contribution is -1.95. The molecule has 2 aromatic heterocycles. The molecule has 136 valence electrons. The van der Waals surface area contributed by atoms with Crippen LogP contribution in [0.25, 0.3) is 22.0 Å². The van der Waals surface area contributed by atoms with Crippen molar-refractivity contribution in [2.24, 2.45) is 7.05 Å². The molecule has 0 amide bonds. The number of benzene rings is 2. The van der Waals surface area contributed by atoms with E-state index in [9.17, 15) is 0 Å². The van der Waals surface area contributed by atoms with Gasteiger partial charge in [-0.15, -0.1) is 21.5 Å². The van der Waals surface area contributed by atoms with E-state index in [1.165, 1.54) is 0 Å². The van der Waals surface area contributed by atoms with Crippen molar-refractivity contribution in [2.45, 2.75) is 10.9 Å². The summed E-state index contributed by atoms with van der Waals surface area (Å²) in [6.45, 7) is 0. The fraction of sp³-hybridized carbons (Fsp3) is 0.150. The molecule has 0 aliphatic heterocycles. The lowest BCUT2D eigenvalue weighted by Gasteiger charge is -2.04. The van der Waals surface area contributed by atoms with E-state index in [-0.39, 0.29) is 0 Å². The van der Waals surface area contributed by atoms with Crippen molar-refractivity contribution >= 4 is 23.1 Å². The molecule has 5 nitrogen and oxygen atoms in total. The van der Waals surface area contributed by atoms with Gasteiger partial charge in [0.25, 0.3) is 0 Å². The van der Waals surface area contributed by atoms with Gasteiger partial charge in [-0.3, -0.25) is 0 Å². The lowest BCUT2D eigenvalue weighted by molar-refractivity contribution is 0.416. The summed E-state index contributed by atoms with van der Waals surface area (Å²) in [5, 5.41) is 12.6. The van der Waals surface area contributed by atoms with Crippen LogP contribution in [0.1, 0.15) is 5.69 Å². The maximum atomic E-state index is 5.44. The van der Waals surface area contributed by atoms with Crippen LogP contribution in [0, 0.1) is 0 Å². The molecule has 0 unspecified atom stereocenters. The van der Waals surface area contributed by atoms with E-state index in [0.717, 1.165) is 44.3 Å². The summed E-state index contributed by atoms with van der Waals surface area (Å²) >= 11 is 3.26. The molecule has 0 N–H and O–H groups in total. The minimum atomic E-state index is 0.742. The average molecular weight is 395 g/mol. The summed E-state index contributed by atoms with van der Waals surface area (Å²) < 4.78 is 7.46. The Morgan fingerprint density at radius 2 is 1.81 bits per heavy atom. The molecule has 0 saturated heterocycles. The number of aromatic nitrogens is 4. The third-order valence-corrected chi connectivity index (χ3v) is 6.08. The molecule has 27 heavy (non-hydrogen) atoms. The largest absolute Gasteiger partial charge is 0.496 e. The Morgan fingerprint density at radius 1 is 1.04 bits per heavy atom. The maximum Gasteiger partial charge on any atom is 0.191 e. The number of ether oxygens (including phenoxy) is 1. The Kier molecular flexibility index (Phi) is 5.22. The van der Waals surface area contributed by atoms with Gasteiger partial charge in [0, 0.05) is 23.7 Å². The van der Waals surface area contributed by atoms with Gasteiger partial charge in [-0.1, -0.05) is 54.2 Å². The van der Waals surface area contributed by atoms with Crippen LogP contribution in [0.3, 0.4) is 0 Å². The zero-order chi connectivity index (χ0) is 18.6. The normalized spacial score (nSPS) is 10.9. The van der Waals surface area contributed by atoms with Crippen LogP contribution >= 0.6 is 23.1 Å². The smallest absolute Gasteiger partial charge is 0.191 e. The van der Waals surface area contributed by atoms with E-state index in [1.54, 1.807) is 30.2 Å². The highest BCUT2D eigenvalue weighted by molar-refractivity contribution is 7.98. The summed E-state index contributed by atoms with van der Waals surface area (Å²) in [6.07, 6.45) is 0. The molecule has 0 saturated carbocycles. The summed E-state index contributed by atoms with van der Waals surface area (Å²) in [5.41, 5.74) is 3.10. The highest BCUT2D eigenvalue weighted by atomic mass is 32.2. The van der Waals surface area contributed by atoms with Gasteiger partial charge in [-0.2, -0.15) is 0 Å². The van der Waals surface area contributed by atoms with Crippen LogP contribution in [0.15, 0.2) is 65.1 Å². The molecule has 0 bridgehead atoms. The number of thioether (sulfide) groups is 1. The summed E-state index contributed by atoms with van der Waals surface area (Å²) in [4.78, 5) is 4.76. The van der Waals surface area contributed by atoms with Gasteiger partial charge in [-0.05, 0) is 12.1 Å². The average Bonchev–Trinajstić information content (AvgIpc) is 3.33. The fourth-order valence-electron chi connectivity index (χ4n) is 2.74. The number of nitrogens with zero attached hydrogens (tertiary/aromatic N) is 4. The number of rotatable bonds is 6. The topological polar surface area (TPSA) is 52.8 Å². The molecule has 4 rings (SSSR count). The van der Waals surface area contributed by atoms with Gasteiger partial charge in [0.1, 0.15) is 10.8 Å². The number of thiazole rings is 1. The number of methoxy groups -OCH3 is 1. The summed E-state index contributed by atoms with van der Waals surface area (Å²) in [6, 6.07) is 18.0. The van der Waals surface area contributed by atoms with Crippen LogP contribution in [0.2, 0.25) is 0 Å². The second-order valence-electron chi connectivity index (χ2n) is 5.86. The lowest BCUT2D eigenvalue weighted by atomic mass is 10.2. The van der Waals surface area contributed by atoms with Gasteiger partial charge in [-0.25, -0.2) is 4.98 Å². The standard InChI is InChI=1S/C20H18N4OS2/c1-24-18(14-8-4-3-5-9-14)22-23-20(24)27-13-15-12-26-19(21-15)16-10-6-7-11-17(16)25-2/h3-12H,13H2,1-2H3. The molecule has 0 radical (unpaired) electrons. The quantitative estimate of drug-likeness (QED) is 0.435. The van der Waals surface area contributed by atoms with Crippen LogP contribution in [0.5, 0.6) is 5.75 Å². The highest BCUT2D eigenvalue weighted by Gasteiger charge is 2.13. The second kappa shape index (κ2) is 7.94.